The largest absolute Gasteiger partial charge is 0.422 e. The number of aryl methyl sites for hydroxylation is 1. The zero-order chi connectivity index (χ0) is 19.7. The zero-order valence-electron chi connectivity index (χ0n) is 14.9. The van der Waals surface area contributed by atoms with E-state index < -0.39 is 11.8 Å². The molecular formula is C23H15FO3S. The van der Waals surface area contributed by atoms with Gasteiger partial charge in [0.2, 0.25) is 5.78 Å². The van der Waals surface area contributed by atoms with E-state index in [1.54, 1.807) is 30.3 Å². The smallest absolute Gasteiger partial charge is 0.346 e. The lowest BCUT2D eigenvalue weighted by Gasteiger charge is -2.09. The van der Waals surface area contributed by atoms with Gasteiger partial charge in [0.15, 0.2) is 0 Å². The molecule has 0 spiro atoms. The highest BCUT2D eigenvalue weighted by Crippen LogP contribution is 2.41. The van der Waals surface area contributed by atoms with Gasteiger partial charge >= 0.3 is 5.97 Å². The second-order valence-electron chi connectivity index (χ2n) is 6.35. The average Bonchev–Trinajstić information content (AvgIpc) is 3.00. The van der Waals surface area contributed by atoms with E-state index in [-0.39, 0.29) is 17.1 Å². The van der Waals surface area contributed by atoms with Crippen molar-refractivity contribution in [1.82, 2.24) is 0 Å². The van der Waals surface area contributed by atoms with Crippen LogP contribution in [0.1, 0.15) is 31.8 Å². The summed E-state index contributed by atoms with van der Waals surface area (Å²) in [7, 11) is 0. The van der Waals surface area contributed by atoms with Crippen molar-refractivity contribution in [1.29, 1.82) is 0 Å². The van der Waals surface area contributed by atoms with E-state index in [0.717, 1.165) is 10.5 Å². The van der Waals surface area contributed by atoms with Gasteiger partial charge in [-0.3, -0.25) is 4.79 Å². The van der Waals surface area contributed by atoms with Crippen molar-refractivity contribution in [2.45, 2.75) is 11.8 Å². The highest BCUT2D eigenvalue weighted by atomic mass is 32.2. The molecule has 138 valence electrons. The number of Topliss-reactive ketones (excluding diaryl/α,β-unsaturated/α-hetero) is 1. The number of carbonyl (C=O) groups excluding carboxylic acids is 2. The van der Waals surface area contributed by atoms with Crippen LogP contribution in [0.4, 0.5) is 4.39 Å². The third-order valence-corrected chi connectivity index (χ3v) is 5.42. The highest BCUT2D eigenvalue weighted by Gasteiger charge is 2.26. The van der Waals surface area contributed by atoms with Gasteiger partial charge in [-0.1, -0.05) is 47.7 Å². The summed E-state index contributed by atoms with van der Waals surface area (Å²) in [5, 5.41) is 0. The van der Waals surface area contributed by atoms with Crippen LogP contribution in [0.3, 0.4) is 0 Å². The number of rotatable bonds is 3. The number of hydrogen-bond acceptors (Lipinski definition) is 4. The highest BCUT2D eigenvalue weighted by molar-refractivity contribution is 8.04. The van der Waals surface area contributed by atoms with Crippen LogP contribution in [0.25, 0.3) is 6.08 Å². The van der Waals surface area contributed by atoms with E-state index in [1.165, 1.54) is 30.0 Å². The van der Waals surface area contributed by atoms with Crippen molar-refractivity contribution in [2.24, 2.45) is 0 Å². The van der Waals surface area contributed by atoms with Gasteiger partial charge in [0.05, 0.1) is 10.5 Å². The minimum Gasteiger partial charge on any atom is -0.422 e. The van der Waals surface area contributed by atoms with Gasteiger partial charge in [0.1, 0.15) is 11.6 Å². The van der Waals surface area contributed by atoms with Gasteiger partial charge in [-0.05, 0) is 49.4 Å². The Labute approximate surface area is 165 Å². The molecule has 0 bridgehead atoms. The van der Waals surface area contributed by atoms with Gasteiger partial charge in [-0.25, -0.2) is 9.18 Å². The predicted octanol–water partition coefficient (Wildman–Crippen LogP) is 5.68. The van der Waals surface area contributed by atoms with Crippen molar-refractivity contribution in [2.75, 3.05) is 0 Å². The molecule has 0 aliphatic carbocycles. The first-order valence-electron chi connectivity index (χ1n) is 8.63. The van der Waals surface area contributed by atoms with E-state index in [4.69, 9.17) is 4.74 Å². The summed E-state index contributed by atoms with van der Waals surface area (Å²) < 4.78 is 19.3. The summed E-state index contributed by atoms with van der Waals surface area (Å²) in [6.45, 7) is 1.91. The summed E-state index contributed by atoms with van der Waals surface area (Å²) in [4.78, 5) is 26.5. The Hall–Kier alpha value is -3.18. The third kappa shape index (κ3) is 3.49. The fraction of sp³-hybridized carbons (Fsp3) is 0.0435. The van der Waals surface area contributed by atoms with E-state index in [9.17, 15) is 14.0 Å². The molecule has 3 aromatic rings. The van der Waals surface area contributed by atoms with E-state index in [1.807, 2.05) is 31.2 Å². The monoisotopic (exact) mass is 390 g/mol. The molecule has 0 saturated heterocycles. The number of ketones is 1. The molecule has 1 aliphatic heterocycles. The van der Waals surface area contributed by atoms with Crippen LogP contribution in [-0.4, -0.2) is 11.8 Å². The average molecular weight is 390 g/mol. The number of ether oxygens (including phenoxy) is 1. The number of halogens is 1. The number of hydrogen-bond donors (Lipinski definition) is 0. The van der Waals surface area contributed by atoms with Crippen molar-refractivity contribution in [3.63, 3.8) is 0 Å². The predicted molar refractivity (Wildman–Crippen MR) is 107 cm³/mol. The molecule has 0 atom stereocenters. The molecule has 0 N–H and O–H groups in total. The molecule has 3 aromatic carbocycles. The van der Waals surface area contributed by atoms with E-state index in [0.29, 0.717) is 16.0 Å². The fourth-order valence-corrected chi connectivity index (χ4v) is 3.98. The number of esters is 1. The molecule has 0 radical (unpaired) electrons. The molecule has 0 amide bonds. The Morgan fingerprint density at radius 2 is 1.79 bits per heavy atom. The first-order chi connectivity index (χ1) is 13.5. The molecule has 3 nitrogen and oxygen atoms in total. The van der Waals surface area contributed by atoms with E-state index >= 15 is 0 Å². The normalized spacial score (nSPS) is 14.2. The number of carbonyl (C=O) groups is 2. The molecule has 1 aliphatic rings. The molecule has 28 heavy (non-hydrogen) atoms. The SMILES string of the molecule is Cc1ccc(OC(=O)c2ccccc2F)c(/C=C2/Sc3ccccc3C2=O)c1. The van der Waals surface area contributed by atoms with Crippen molar-refractivity contribution >= 4 is 29.6 Å². The lowest BCUT2D eigenvalue weighted by Crippen LogP contribution is -2.11. The minimum atomic E-state index is -0.782. The molecule has 0 saturated carbocycles. The first kappa shape index (κ1) is 18.2. The Balaban J connectivity index is 1.68. The maximum atomic E-state index is 13.9. The Bertz CT molecular complexity index is 1130. The summed E-state index contributed by atoms with van der Waals surface area (Å²) in [6.07, 6.45) is 1.71. The molecule has 5 heteroatoms. The van der Waals surface area contributed by atoms with Crippen LogP contribution in [-0.2, 0) is 0 Å². The Morgan fingerprint density at radius 1 is 1.04 bits per heavy atom. The van der Waals surface area contributed by atoms with Crippen molar-refractivity contribution in [3.05, 3.63) is 99.7 Å². The fourth-order valence-electron chi connectivity index (χ4n) is 2.93. The van der Waals surface area contributed by atoms with Gasteiger partial charge in [-0.2, -0.15) is 0 Å². The van der Waals surface area contributed by atoms with Crippen LogP contribution in [0.15, 0.2) is 76.5 Å². The lowest BCUT2D eigenvalue weighted by atomic mass is 10.1. The number of fused-ring (bicyclic) bond motifs is 1. The second kappa shape index (κ2) is 7.44. The van der Waals surface area contributed by atoms with E-state index in [2.05, 4.69) is 0 Å². The van der Waals surface area contributed by atoms with Crippen LogP contribution in [0.2, 0.25) is 0 Å². The summed E-state index contributed by atoms with van der Waals surface area (Å²) >= 11 is 1.38. The van der Waals surface area contributed by atoms with Gasteiger partial charge < -0.3 is 4.74 Å². The molecule has 0 unspecified atom stereocenters. The Kier molecular flexibility index (Phi) is 4.84. The zero-order valence-corrected chi connectivity index (χ0v) is 15.8. The van der Waals surface area contributed by atoms with Crippen LogP contribution >= 0.6 is 11.8 Å². The molecule has 4 rings (SSSR count). The van der Waals surface area contributed by atoms with Gasteiger partial charge in [0.25, 0.3) is 0 Å². The van der Waals surface area contributed by atoms with Gasteiger partial charge in [0, 0.05) is 16.0 Å². The number of benzene rings is 3. The lowest BCUT2D eigenvalue weighted by molar-refractivity contribution is 0.0729. The molecule has 0 aromatic heterocycles. The third-order valence-electron chi connectivity index (χ3n) is 4.32. The van der Waals surface area contributed by atoms with Gasteiger partial charge in [-0.15, -0.1) is 0 Å². The first-order valence-corrected chi connectivity index (χ1v) is 9.45. The molecule has 1 heterocycles. The second-order valence-corrected chi connectivity index (χ2v) is 7.43. The van der Waals surface area contributed by atoms with Crippen molar-refractivity contribution < 1.29 is 18.7 Å². The quantitative estimate of drug-likeness (QED) is 0.328. The topological polar surface area (TPSA) is 43.4 Å². The standard InChI is InChI=1S/C23H15FO3S/c1-14-10-11-19(27-23(26)16-6-2-4-8-18(16)24)15(12-14)13-21-22(25)17-7-3-5-9-20(17)28-21/h2-13H,1H3/b21-13+. The summed E-state index contributed by atoms with van der Waals surface area (Å²) in [5.74, 6) is -1.21. The minimum absolute atomic E-state index is 0.0616. The molecular weight excluding hydrogens is 375 g/mol. The van der Waals surface area contributed by atoms with Crippen LogP contribution in [0, 0.1) is 12.7 Å². The molecule has 0 fully saturated rings. The van der Waals surface area contributed by atoms with Crippen LogP contribution < -0.4 is 4.74 Å². The number of allylic oxidation sites excluding steroid dienone is 1. The summed E-state index contributed by atoms with van der Waals surface area (Å²) in [6, 6.07) is 18.3. The summed E-state index contributed by atoms with van der Waals surface area (Å²) in [5.41, 5.74) is 2.07. The Morgan fingerprint density at radius 3 is 2.57 bits per heavy atom. The number of thioether (sulfide) groups is 1. The van der Waals surface area contributed by atoms with Crippen molar-refractivity contribution in [3.8, 4) is 5.75 Å². The van der Waals surface area contributed by atoms with Crippen LogP contribution in [0.5, 0.6) is 5.75 Å². The maximum absolute atomic E-state index is 13.9. The maximum Gasteiger partial charge on any atom is 0.346 e.